The van der Waals surface area contributed by atoms with Gasteiger partial charge in [0.1, 0.15) is 5.82 Å². The number of nitrogens with two attached hydrogens (primary N) is 1. The summed E-state index contributed by atoms with van der Waals surface area (Å²) in [6.07, 6.45) is 1.59. The summed E-state index contributed by atoms with van der Waals surface area (Å²) in [6, 6.07) is 3.46. The van der Waals surface area contributed by atoms with Crippen molar-refractivity contribution in [2.45, 2.75) is 0 Å². The van der Waals surface area contributed by atoms with Crippen LogP contribution in [0.25, 0.3) is 0 Å². The van der Waals surface area contributed by atoms with E-state index in [1.165, 1.54) is 0 Å². The first kappa shape index (κ1) is 12.0. The van der Waals surface area contributed by atoms with E-state index in [2.05, 4.69) is 26.2 Å². The summed E-state index contributed by atoms with van der Waals surface area (Å²) < 4.78 is 0.846. The van der Waals surface area contributed by atoms with Crippen molar-refractivity contribution in [3.8, 4) is 0 Å². The van der Waals surface area contributed by atoms with Crippen LogP contribution in [-0.4, -0.2) is 21.8 Å². The number of nitrogens with one attached hydrogen (secondary N) is 2. The fourth-order valence-electron chi connectivity index (χ4n) is 0.772. The largest absolute Gasteiger partial charge is 0.379 e. The summed E-state index contributed by atoms with van der Waals surface area (Å²) in [4.78, 5) is 15.2. The van der Waals surface area contributed by atoms with Crippen molar-refractivity contribution >= 4 is 44.6 Å². The molecule has 7 heteroatoms. The first-order valence-electron chi connectivity index (χ1n) is 3.96. The number of amidine groups is 1. The Morgan fingerprint density at radius 3 is 2.93 bits per heavy atom. The molecule has 80 valence electrons. The Morgan fingerprint density at radius 1 is 1.67 bits per heavy atom. The van der Waals surface area contributed by atoms with Crippen molar-refractivity contribution < 1.29 is 4.79 Å². The molecule has 1 rings (SSSR count). The lowest BCUT2D eigenvalue weighted by Crippen LogP contribution is -2.17. The number of rotatable bonds is 3. The van der Waals surface area contributed by atoms with Gasteiger partial charge in [-0.15, -0.1) is 0 Å². The Bertz CT molecular complexity index is 367. The molecule has 1 heterocycles. The van der Waals surface area contributed by atoms with E-state index in [4.69, 9.17) is 11.1 Å². The van der Waals surface area contributed by atoms with Crippen molar-refractivity contribution in [3.63, 3.8) is 0 Å². The van der Waals surface area contributed by atoms with Crippen LogP contribution in [-0.2, 0) is 4.79 Å². The van der Waals surface area contributed by atoms with E-state index in [0.717, 1.165) is 16.2 Å². The Kier molecular flexibility index (Phi) is 4.57. The smallest absolute Gasteiger partial charge is 0.236 e. The van der Waals surface area contributed by atoms with Crippen LogP contribution in [0.15, 0.2) is 22.8 Å². The van der Waals surface area contributed by atoms with Gasteiger partial charge in [0, 0.05) is 10.7 Å². The van der Waals surface area contributed by atoms with Gasteiger partial charge in [-0.1, -0.05) is 11.8 Å². The van der Waals surface area contributed by atoms with E-state index in [9.17, 15) is 4.79 Å². The molecular weight excluding hydrogens is 280 g/mol. The summed E-state index contributed by atoms with van der Waals surface area (Å²) >= 11 is 4.21. The number of amides is 1. The van der Waals surface area contributed by atoms with E-state index in [0.29, 0.717) is 5.82 Å². The number of halogens is 1. The predicted molar refractivity (Wildman–Crippen MR) is 64.9 cm³/mol. The molecule has 0 fully saturated rings. The Balaban J connectivity index is 2.44. The second kappa shape index (κ2) is 5.72. The zero-order chi connectivity index (χ0) is 11.3. The molecule has 15 heavy (non-hydrogen) atoms. The molecule has 1 amide bonds. The molecule has 0 saturated heterocycles. The van der Waals surface area contributed by atoms with Gasteiger partial charge in [-0.2, -0.15) is 0 Å². The third-order valence-electron chi connectivity index (χ3n) is 1.35. The molecule has 0 bridgehead atoms. The van der Waals surface area contributed by atoms with Gasteiger partial charge in [0.25, 0.3) is 0 Å². The Labute approximate surface area is 99.5 Å². The lowest BCUT2D eigenvalue weighted by molar-refractivity contribution is -0.113. The Hall–Kier alpha value is -1.08. The standard InChI is InChI=1S/C8H9BrN4OS/c9-5-1-2-6(12-3-5)13-7(14)4-15-8(10)11/h1-3H,4H2,(H3,10,11)(H,12,13,14). The lowest BCUT2D eigenvalue weighted by atomic mass is 10.4. The van der Waals surface area contributed by atoms with Crippen LogP contribution in [0.2, 0.25) is 0 Å². The highest BCUT2D eigenvalue weighted by Crippen LogP contribution is 2.10. The number of thioether (sulfide) groups is 1. The number of hydrogen-bond acceptors (Lipinski definition) is 4. The predicted octanol–water partition coefficient (Wildman–Crippen LogP) is 1.41. The maximum atomic E-state index is 11.3. The minimum atomic E-state index is -0.231. The topological polar surface area (TPSA) is 91.9 Å². The van der Waals surface area contributed by atoms with Gasteiger partial charge in [0.05, 0.1) is 5.75 Å². The van der Waals surface area contributed by atoms with Crippen LogP contribution in [0.1, 0.15) is 0 Å². The van der Waals surface area contributed by atoms with Crippen molar-refractivity contribution in [1.82, 2.24) is 4.98 Å². The minimum absolute atomic E-state index is 0.0751. The average Bonchev–Trinajstić information content (AvgIpc) is 2.19. The number of anilines is 1. The molecule has 0 aliphatic carbocycles. The highest BCUT2D eigenvalue weighted by Gasteiger charge is 2.04. The van der Waals surface area contributed by atoms with E-state index in [-0.39, 0.29) is 16.8 Å². The van der Waals surface area contributed by atoms with Gasteiger partial charge < -0.3 is 11.1 Å². The molecule has 0 atom stereocenters. The maximum absolute atomic E-state index is 11.3. The van der Waals surface area contributed by atoms with Crippen LogP contribution in [0.5, 0.6) is 0 Å². The van der Waals surface area contributed by atoms with Crippen molar-refractivity contribution in [1.29, 1.82) is 5.41 Å². The first-order valence-corrected chi connectivity index (χ1v) is 5.74. The minimum Gasteiger partial charge on any atom is -0.379 e. The van der Waals surface area contributed by atoms with Gasteiger partial charge >= 0.3 is 0 Å². The van der Waals surface area contributed by atoms with Crippen LogP contribution in [0.4, 0.5) is 5.82 Å². The van der Waals surface area contributed by atoms with Crippen molar-refractivity contribution in [3.05, 3.63) is 22.8 Å². The van der Waals surface area contributed by atoms with E-state index in [1.807, 2.05) is 0 Å². The fraction of sp³-hybridized carbons (Fsp3) is 0.125. The summed E-state index contributed by atoms with van der Waals surface area (Å²) in [5, 5.41) is 9.44. The normalized spacial score (nSPS) is 9.67. The molecule has 0 aliphatic rings. The molecule has 1 aromatic heterocycles. The maximum Gasteiger partial charge on any atom is 0.236 e. The van der Waals surface area contributed by atoms with Gasteiger partial charge in [-0.3, -0.25) is 10.2 Å². The number of carbonyl (C=O) groups excluding carboxylic acids is 1. The third kappa shape index (κ3) is 4.80. The molecular formula is C8H9BrN4OS. The number of nitrogens with zero attached hydrogens (tertiary/aromatic N) is 1. The highest BCUT2D eigenvalue weighted by atomic mass is 79.9. The SMILES string of the molecule is N=C(N)SCC(=O)Nc1ccc(Br)cn1. The summed E-state index contributed by atoms with van der Waals surface area (Å²) in [6.45, 7) is 0. The number of hydrogen-bond donors (Lipinski definition) is 3. The summed E-state index contributed by atoms with van der Waals surface area (Å²) in [7, 11) is 0. The van der Waals surface area contributed by atoms with Gasteiger partial charge in [-0.05, 0) is 28.1 Å². The second-order valence-corrected chi connectivity index (χ2v) is 4.50. The molecule has 0 aliphatic heterocycles. The number of aromatic nitrogens is 1. The van der Waals surface area contributed by atoms with Crippen molar-refractivity contribution in [2.75, 3.05) is 11.1 Å². The fourth-order valence-corrected chi connectivity index (χ4v) is 1.37. The molecule has 0 aromatic carbocycles. The van der Waals surface area contributed by atoms with Gasteiger partial charge in [-0.25, -0.2) is 4.98 Å². The molecule has 5 nitrogen and oxygen atoms in total. The zero-order valence-electron chi connectivity index (χ0n) is 7.66. The van der Waals surface area contributed by atoms with Crippen molar-refractivity contribution in [2.24, 2.45) is 5.73 Å². The van der Waals surface area contributed by atoms with Crippen LogP contribution < -0.4 is 11.1 Å². The molecule has 0 spiro atoms. The molecule has 0 unspecified atom stereocenters. The number of carbonyl (C=O) groups is 1. The first-order chi connectivity index (χ1) is 7.08. The summed E-state index contributed by atoms with van der Waals surface area (Å²) in [5.41, 5.74) is 5.10. The molecule has 1 aromatic rings. The molecule has 0 radical (unpaired) electrons. The second-order valence-electron chi connectivity index (χ2n) is 2.56. The number of pyridine rings is 1. The van der Waals surface area contributed by atoms with Gasteiger partial charge in [0.2, 0.25) is 5.91 Å². The lowest BCUT2D eigenvalue weighted by Gasteiger charge is -2.03. The Morgan fingerprint density at radius 2 is 2.40 bits per heavy atom. The van der Waals surface area contributed by atoms with Crippen LogP contribution >= 0.6 is 27.7 Å². The van der Waals surface area contributed by atoms with E-state index < -0.39 is 0 Å². The van der Waals surface area contributed by atoms with E-state index >= 15 is 0 Å². The quantitative estimate of drug-likeness (QED) is 0.579. The zero-order valence-corrected chi connectivity index (χ0v) is 10.1. The third-order valence-corrected chi connectivity index (χ3v) is 2.54. The summed E-state index contributed by atoms with van der Waals surface area (Å²) in [5.74, 6) is 0.366. The van der Waals surface area contributed by atoms with Gasteiger partial charge in [0.15, 0.2) is 5.17 Å². The highest BCUT2D eigenvalue weighted by molar-refractivity contribution is 9.10. The average molecular weight is 289 g/mol. The monoisotopic (exact) mass is 288 g/mol. The molecule has 4 N–H and O–H groups in total. The van der Waals surface area contributed by atoms with E-state index in [1.54, 1.807) is 18.3 Å². The molecule has 0 saturated carbocycles. The van der Waals surface area contributed by atoms with Crippen LogP contribution in [0.3, 0.4) is 0 Å². The van der Waals surface area contributed by atoms with Crippen LogP contribution in [0, 0.1) is 5.41 Å².